The van der Waals surface area contributed by atoms with Crippen LogP contribution in [0, 0.1) is 11.3 Å². The minimum atomic E-state index is -0.227. The highest BCUT2D eigenvalue weighted by atomic mass is 16.5. The summed E-state index contributed by atoms with van der Waals surface area (Å²) in [5.74, 6) is 2.26. The molecule has 1 aliphatic heterocycles. The first kappa shape index (κ1) is 18.7. The van der Waals surface area contributed by atoms with E-state index in [9.17, 15) is 5.26 Å². The molecule has 2 aromatic rings. The summed E-state index contributed by atoms with van der Waals surface area (Å²) < 4.78 is 16.6. The summed E-state index contributed by atoms with van der Waals surface area (Å²) in [5.41, 5.74) is 10.8. The number of benzene rings is 2. The molecule has 0 aromatic heterocycles. The van der Waals surface area contributed by atoms with Crippen LogP contribution in [0.25, 0.3) is 6.08 Å². The number of hydrogen-bond donors (Lipinski definition) is 1. The standard InChI is InChI=1S/C24H22N2O3/c1-27-18-7-3-5-15(12-18)11-17-9-10-20-22(16-6-4-8-19(13-16)28-2)21(14-25)24(26)29-23(17)20/h3-8,11-13,22H,9-10,26H2,1-2H3/b17-11+/t22-/m0/s1. The lowest BCUT2D eigenvalue weighted by Crippen LogP contribution is -2.19. The van der Waals surface area contributed by atoms with E-state index in [1.54, 1.807) is 14.2 Å². The quantitative estimate of drug-likeness (QED) is 0.828. The van der Waals surface area contributed by atoms with E-state index in [1.807, 2.05) is 48.5 Å². The lowest BCUT2D eigenvalue weighted by atomic mass is 9.83. The van der Waals surface area contributed by atoms with Crippen molar-refractivity contribution in [2.75, 3.05) is 14.2 Å². The van der Waals surface area contributed by atoms with Crippen LogP contribution >= 0.6 is 0 Å². The van der Waals surface area contributed by atoms with Gasteiger partial charge in [-0.25, -0.2) is 0 Å². The summed E-state index contributed by atoms with van der Waals surface area (Å²) >= 11 is 0. The van der Waals surface area contributed by atoms with Crippen LogP contribution in [0.5, 0.6) is 11.5 Å². The maximum absolute atomic E-state index is 9.75. The Labute approximate surface area is 170 Å². The van der Waals surface area contributed by atoms with Gasteiger partial charge in [0.15, 0.2) is 0 Å². The van der Waals surface area contributed by atoms with Gasteiger partial charge in [-0.1, -0.05) is 24.3 Å². The van der Waals surface area contributed by atoms with Crippen LogP contribution in [0.4, 0.5) is 0 Å². The Morgan fingerprint density at radius 1 is 1.07 bits per heavy atom. The fraction of sp³-hybridized carbons (Fsp3) is 0.208. The van der Waals surface area contributed by atoms with Gasteiger partial charge in [0.05, 0.1) is 14.2 Å². The van der Waals surface area contributed by atoms with Gasteiger partial charge in [-0.3, -0.25) is 0 Å². The normalized spacial score (nSPS) is 19.6. The second-order valence-corrected chi connectivity index (χ2v) is 7.00. The van der Waals surface area contributed by atoms with Crippen molar-refractivity contribution < 1.29 is 14.2 Å². The molecule has 1 heterocycles. The van der Waals surface area contributed by atoms with Crippen molar-refractivity contribution in [1.82, 2.24) is 0 Å². The average Bonchev–Trinajstić information content (AvgIpc) is 3.14. The minimum Gasteiger partial charge on any atom is -0.497 e. The Hall–Kier alpha value is -3.65. The number of nitriles is 1. The summed E-state index contributed by atoms with van der Waals surface area (Å²) in [6.07, 6.45) is 3.73. The highest BCUT2D eigenvalue weighted by molar-refractivity contribution is 5.64. The SMILES string of the molecule is COc1cccc(/C=C2\CCC3=C2OC(N)=C(C#N)[C@H]3c2cccc(OC)c2)c1. The van der Waals surface area contributed by atoms with Gasteiger partial charge in [-0.2, -0.15) is 5.26 Å². The van der Waals surface area contributed by atoms with Crippen LogP contribution in [0.1, 0.15) is 29.9 Å². The zero-order valence-electron chi connectivity index (χ0n) is 16.4. The molecule has 0 bridgehead atoms. The summed E-state index contributed by atoms with van der Waals surface area (Å²) in [5, 5.41) is 9.75. The lowest BCUT2D eigenvalue weighted by molar-refractivity contribution is 0.292. The average molecular weight is 386 g/mol. The third-order valence-corrected chi connectivity index (χ3v) is 5.34. The van der Waals surface area contributed by atoms with Gasteiger partial charge in [0.25, 0.3) is 0 Å². The maximum Gasteiger partial charge on any atom is 0.205 e. The van der Waals surface area contributed by atoms with Gasteiger partial charge >= 0.3 is 0 Å². The number of ether oxygens (including phenoxy) is 3. The Morgan fingerprint density at radius 3 is 2.52 bits per heavy atom. The first-order valence-corrected chi connectivity index (χ1v) is 9.44. The molecule has 5 nitrogen and oxygen atoms in total. The van der Waals surface area contributed by atoms with Crippen LogP contribution in [-0.2, 0) is 4.74 Å². The summed E-state index contributed by atoms with van der Waals surface area (Å²) in [7, 11) is 3.29. The van der Waals surface area contributed by atoms with Crippen molar-refractivity contribution in [3.05, 3.63) is 88.0 Å². The second-order valence-electron chi connectivity index (χ2n) is 7.00. The first-order valence-electron chi connectivity index (χ1n) is 9.44. The molecule has 0 unspecified atom stereocenters. The molecule has 0 spiro atoms. The Kier molecular flexibility index (Phi) is 5.01. The van der Waals surface area contributed by atoms with E-state index in [1.165, 1.54) is 0 Å². The molecule has 0 saturated carbocycles. The summed E-state index contributed by atoms with van der Waals surface area (Å²) in [6, 6.07) is 17.9. The van der Waals surface area contributed by atoms with Crippen LogP contribution in [0.2, 0.25) is 0 Å². The van der Waals surface area contributed by atoms with E-state index < -0.39 is 0 Å². The molecule has 2 N–H and O–H groups in total. The maximum atomic E-state index is 9.75. The van der Waals surface area contributed by atoms with Crippen LogP contribution < -0.4 is 15.2 Å². The highest BCUT2D eigenvalue weighted by Crippen LogP contribution is 2.48. The van der Waals surface area contributed by atoms with Gasteiger partial charge in [0.1, 0.15) is 28.9 Å². The smallest absolute Gasteiger partial charge is 0.205 e. The number of hydrogen-bond acceptors (Lipinski definition) is 5. The van der Waals surface area contributed by atoms with Crippen molar-refractivity contribution in [2.45, 2.75) is 18.8 Å². The third-order valence-electron chi connectivity index (χ3n) is 5.34. The molecule has 2 aromatic carbocycles. The lowest BCUT2D eigenvalue weighted by Gasteiger charge is -2.26. The summed E-state index contributed by atoms with van der Waals surface area (Å²) in [4.78, 5) is 0. The molecule has 146 valence electrons. The van der Waals surface area contributed by atoms with Gasteiger partial charge < -0.3 is 19.9 Å². The van der Waals surface area contributed by atoms with E-state index in [4.69, 9.17) is 19.9 Å². The largest absolute Gasteiger partial charge is 0.497 e. The Bertz CT molecular complexity index is 1090. The van der Waals surface area contributed by atoms with E-state index >= 15 is 0 Å². The molecule has 5 heteroatoms. The number of methoxy groups -OCH3 is 2. The van der Waals surface area contributed by atoms with Crippen molar-refractivity contribution in [3.8, 4) is 17.6 Å². The number of rotatable bonds is 4. The monoisotopic (exact) mass is 386 g/mol. The van der Waals surface area contributed by atoms with Gasteiger partial charge in [-0.05, 0) is 65.5 Å². The van der Waals surface area contributed by atoms with E-state index in [-0.39, 0.29) is 11.8 Å². The zero-order valence-corrected chi connectivity index (χ0v) is 16.4. The first-order chi connectivity index (χ1) is 14.1. The molecule has 1 aliphatic carbocycles. The molecule has 4 rings (SSSR count). The number of nitrogens with zero attached hydrogens (tertiary/aromatic N) is 1. The second kappa shape index (κ2) is 7.76. The predicted octanol–water partition coefficient (Wildman–Crippen LogP) is 4.64. The Balaban J connectivity index is 1.79. The number of nitrogens with two attached hydrogens (primary N) is 1. The Morgan fingerprint density at radius 2 is 1.79 bits per heavy atom. The fourth-order valence-corrected chi connectivity index (χ4v) is 3.97. The summed E-state index contributed by atoms with van der Waals surface area (Å²) in [6.45, 7) is 0. The van der Waals surface area contributed by atoms with Crippen molar-refractivity contribution in [2.24, 2.45) is 5.73 Å². The number of allylic oxidation sites excluding steroid dienone is 3. The molecule has 2 aliphatic rings. The van der Waals surface area contributed by atoms with E-state index in [2.05, 4.69) is 12.1 Å². The van der Waals surface area contributed by atoms with Gasteiger partial charge in [0.2, 0.25) is 5.88 Å². The molecule has 0 fully saturated rings. The van der Waals surface area contributed by atoms with Crippen molar-refractivity contribution >= 4 is 6.08 Å². The topological polar surface area (TPSA) is 77.5 Å². The van der Waals surface area contributed by atoms with Gasteiger partial charge in [0, 0.05) is 5.92 Å². The predicted molar refractivity (Wildman–Crippen MR) is 111 cm³/mol. The van der Waals surface area contributed by atoms with Crippen LogP contribution in [-0.4, -0.2) is 14.2 Å². The molecule has 29 heavy (non-hydrogen) atoms. The zero-order chi connectivity index (χ0) is 20.4. The van der Waals surface area contributed by atoms with Crippen LogP contribution in [0.15, 0.2) is 76.9 Å². The van der Waals surface area contributed by atoms with E-state index in [0.29, 0.717) is 5.57 Å². The molecular formula is C24H22N2O3. The van der Waals surface area contributed by atoms with Crippen LogP contribution in [0.3, 0.4) is 0 Å². The third kappa shape index (κ3) is 3.45. The van der Waals surface area contributed by atoms with Crippen molar-refractivity contribution in [1.29, 1.82) is 5.26 Å². The van der Waals surface area contributed by atoms with Crippen molar-refractivity contribution in [3.63, 3.8) is 0 Å². The fourth-order valence-electron chi connectivity index (χ4n) is 3.97. The minimum absolute atomic E-state index is 0.164. The molecule has 0 radical (unpaired) electrons. The van der Waals surface area contributed by atoms with E-state index in [0.717, 1.165) is 52.4 Å². The van der Waals surface area contributed by atoms with Gasteiger partial charge in [-0.15, -0.1) is 0 Å². The molecular weight excluding hydrogens is 364 g/mol. The molecule has 0 saturated heterocycles. The molecule has 1 atom stereocenters. The molecule has 0 amide bonds. The highest BCUT2D eigenvalue weighted by Gasteiger charge is 2.37.